The molecule has 2 aromatic carbocycles. The van der Waals surface area contributed by atoms with Crippen LogP contribution in [0.4, 0.5) is 24.5 Å². The molecule has 0 unspecified atom stereocenters. The zero-order valence-electron chi connectivity index (χ0n) is 11.4. The van der Waals surface area contributed by atoms with Gasteiger partial charge in [0.25, 0.3) is 0 Å². The normalized spacial score (nSPS) is 11.2. The number of para-hydroxylation sites is 1. The number of nitrogens with two attached hydrogens (primary N) is 1. The van der Waals surface area contributed by atoms with Gasteiger partial charge in [0, 0.05) is 10.6 Å². The molecule has 0 aromatic heterocycles. The van der Waals surface area contributed by atoms with Gasteiger partial charge < -0.3 is 11.1 Å². The Hall–Kier alpha value is -2.15. The molecular weight excluding hydrogens is 313 g/mol. The monoisotopic (exact) mass is 326 g/mol. The molecule has 0 bridgehead atoms. The zero-order valence-corrected chi connectivity index (χ0v) is 12.2. The van der Waals surface area contributed by atoms with E-state index >= 15 is 0 Å². The third-order valence-corrected chi connectivity index (χ3v) is 3.77. The lowest BCUT2D eigenvalue weighted by Gasteiger charge is -2.13. The van der Waals surface area contributed by atoms with Crippen molar-refractivity contribution in [3.05, 3.63) is 54.1 Å². The van der Waals surface area contributed by atoms with E-state index in [9.17, 15) is 18.0 Å². The van der Waals surface area contributed by atoms with Crippen molar-refractivity contribution in [3.8, 4) is 0 Å². The van der Waals surface area contributed by atoms with Gasteiger partial charge in [-0.25, -0.2) is 0 Å². The molecule has 0 saturated carbocycles. The molecular formula is C15H13F3N2OS. The molecule has 0 fully saturated rings. The molecule has 0 radical (unpaired) electrons. The van der Waals surface area contributed by atoms with Gasteiger partial charge in [0.2, 0.25) is 5.91 Å². The summed E-state index contributed by atoms with van der Waals surface area (Å²) in [6.07, 6.45) is -4.51. The summed E-state index contributed by atoms with van der Waals surface area (Å²) >= 11 is 1.22. The van der Waals surface area contributed by atoms with E-state index in [-0.39, 0.29) is 11.4 Å². The number of rotatable bonds is 4. The number of alkyl halides is 3. The van der Waals surface area contributed by atoms with Crippen LogP contribution in [-0.2, 0) is 11.0 Å². The molecule has 0 atom stereocenters. The summed E-state index contributed by atoms with van der Waals surface area (Å²) < 4.78 is 38.5. The molecule has 116 valence electrons. The van der Waals surface area contributed by atoms with Crippen LogP contribution in [0.5, 0.6) is 0 Å². The second-order valence-electron chi connectivity index (χ2n) is 4.45. The quantitative estimate of drug-likeness (QED) is 0.659. The third-order valence-electron chi connectivity index (χ3n) is 2.76. The van der Waals surface area contributed by atoms with Crippen LogP contribution in [-0.4, -0.2) is 11.7 Å². The predicted molar refractivity (Wildman–Crippen MR) is 81.7 cm³/mol. The van der Waals surface area contributed by atoms with E-state index in [1.165, 1.54) is 30.0 Å². The van der Waals surface area contributed by atoms with Crippen LogP contribution < -0.4 is 11.1 Å². The molecule has 0 aliphatic rings. The maximum Gasteiger partial charge on any atom is 0.418 e. The Morgan fingerprint density at radius 1 is 1.09 bits per heavy atom. The molecule has 7 heteroatoms. The first-order chi connectivity index (χ1) is 10.4. The summed E-state index contributed by atoms with van der Waals surface area (Å²) in [5, 5.41) is 2.29. The lowest BCUT2D eigenvalue weighted by molar-refractivity contribution is -0.137. The molecule has 2 aromatic rings. The van der Waals surface area contributed by atoms with E-state index in [1.54, 1.807) is 24.3 Å². The number of hydrogen-bond acceptors (Lipinski definition) is 3. The van der Waals surface area contributed by atoms with Gasteiger partial charge in [0.05, 0.1) is 17.0 Å². The van der Waals surface area contributed by atoms with Gasteiger partial charge in [-0.2, -0.15) is 13.2 Å². The lowest BCUT2D eigenvalue weighted by atomic mass is 10.1. The molecule has 0 aliphatic carbocycles. The number of carbonyl (C=O) groups excluding carboxylic acids is 1. The maximum absolute atomic E-state index is 12.8. The average molecular weight is 326 g/mol. The van der Waals surface area contributed by atoms with Crippen LogP contribution in [0.3, 0.4) is 0 Å². The summed E-state index contributed by atoms with van der Waals surface area (Å²) in [7, 11) is 0. The van der Waals surface area contributed by atoms with Gasteiger partial charge in [-0.3, -0.25) is 4.79 Å². The van der Waals surface area contributed by atoms with Crippen molar-refractivity contribution in [2.24, 2.45) is 0 Å². The Bertz CT molecular complexity index is 657. The fraction of sp³-hybridized carbons (Fsp3) is 0.133. The molecule has 0 spiro atoms. The van der Waals surface area contributed by atoms with E-state index in [0.29, 0.717) is 5.69 Å². The molecule has 2 rings (SSSR count). The van der Waals surface area contributed by atoms with Crippen LogP contribution >= 0.6 is 11.8 Å². The van der Waals surface area contributed by atoms with Crippen molar-refractivity contribution >= 4 is 29.0 Å². The Balaban J connectivity index is 1.99. The van der Waals surface area contributed by atoms with Gasteiger partial charge >= 0.3 is 6.18 Å². The Morgan fingerprint density at radius 2 is 1.73 bits per heavy atom. The average Bonchev–Trinajstić information content (AvgIpc) is 2.46. The Labute approximate surface area is 129 Å². The number of amides is 1. The topological polar surface area (TPSA) is 55.1 Å². The molecule has 0 aliphatic heterocycles. The predicted octanol–water partition coefficient (Wildman–Crippen LogP) is 4.02. The Kier molecular flexibility index (Phi) is 4.97. The fourth-order valence-electron chi connectivity index (χ4n) is 1.74. The highest BCUT2D eigenvalue weighted by Crippen LogP contribution is 2.34. The molecule has 3 nitrogen and oxygen atoms in total. The van der Waals surface area contributed by atoms with Crippen LogP contribution in [0.15, 0.2) is 53.4 Å². The molecule has 3 N–H and O–H groups in total. The minimum Gasteiger partial charge on any atom is -0.399 e. The summed E-state index contributed by atoms with van der Waals surface area (Å²) in [6, 6.07) is 11.8. The largest absolute Gasteiger partial charge is 0.418 e. The number of hydrogen-bond donors (Lipinski definition) is 2. The van der Waals surface area contributed by atoms with Gasteiger partial charge in [0.15, 0.2) is 0 Å². The zero-order chi connectivity index (χ0) is 16.2. The van der Waals surface area contributed by atoms with Crippen molar-refractivity contribution in [2.45, 2.75) is 11.1 Å². The smallest absolute Gasteiger partial charge is 0.399 e. The van der Waals surface area contributed by atoms with Crippen LogP contribution in [0.2, 0.25) is 0 Å². The molecule has 1 amide bonds. The van der Waals surface area contributed by atoms with E-state index in [0.717, 1.165) is 11.0 Å². The molecule has 0 heterocycles. The SMILES string of the molecule is Nc1ccc(SCC(=O)Nc2ccccc2C(F)(F)F)cc1. The highest BCUT2D eigenvalue weighted by Gasteiger charge is 2.33. The number of benzene rings is 2. The number of halogens is 3. The highest BCUT2D eigenvalue weighted by atomic mass is 32.2. The second-order valence-corrected chi connectivity index (χ2v) is 5.50. The fourth-order valence-corrected chi connectivity index (χ4v) is 2.44. The van der Waals surface area contributed by atoms with Crippen molar-refractivity contribution in [1.29, 1.82) is 0 Å². The minimum atomic E-state index is -4.51. The lowest BCUT2D eigenvalue weighted by Crippen LogP contribution is -2.18. The second kappa shape index (κ2) is 6.74. The number of nitrogen functional groups attached to an aromatic ring is 1. The van der Waals surface area contributed by atoms with Crippen molar-refractivity contribution in [3.63, 3.8) is 0 Å². The van der Waals surface area contributed by atoms with E-state index in [2.05, 4.69) is 5.32 Å². The van der Waals surface area contributed by atoms with Gasteiger partial charge in [-0.05, 0) is 36.4 Å². The number of anilines is 2. The summed E-state index contributed by atoms with van der Waals surface area (Å²) in [4.78, 5) is 12.6. The van der Waals surface area contributed by atoms with E-state index < -0.39 is 17.6 Å². The highest BCUT2D eigenvalue weighted by molar-refractivity contribution is 8.00. The van der Waals surface area contributed by atoms with Gasteiger partial charge in [0.1, 0.15) is 0 Å². The van der Waals surface area contributed by atoms with Gasteiger partial charge in [-0.15, -0.1) is 11.8 Å². The first kappa shape index (κ1) is 16.2. The first-order valence-corrected chi connectivity index (χ1v) is 7.29. The van der Waals surface area contributed by atoms with Gasteiger partial charge in [-0.1, -0.05) is 12.1 Å². The van der Waals surface area contributed by atoms with Crippen molar-refractivity contribution in [2.75, 3.05) is 16.8 Å². The van der Waals surface area contributed by atoms with E-state index in [1.807, 2.05) is 0 Å². The van der Waals surface area contributed by atoms with Crippen LogP contribution in [0.25, 0.3) is 0 Å². The number of thioether (sulfide) groups is 1. The Morgan fingerprint density at radius 3 is 2.36 bits per heavy atom. The van der Waals surface area contributed by atoms with Crippen molar-refractivity contribution < 1.29 is 18.0 Å². The molecule has 22 heavy (non-hydrogen) atoms. The summed E-state index contributed by atoms with van der Waals surface area (Å²) in [5.41, 5.74) is 5.05. The summed E-state index contributed by atoms with van der Waals surface area (Å²) in [6.45, 7) is 0. The van der Waals surface area contributed by atoms with Crippen LogP contribution in [0.1, 0.15) is 5.56 Å². The first-order valence-electron chi connectivity index (χ1n) is 6.30. The summed E-state index contributed by atoms with van der Waals surface area (Å²) in [5.74, 6) is -0.491. The van der Waals surface area contributed by atoms with Crippen LogP contribution in [0, 0.1) is 0 Å². The number of carbonyl (C=O) groups is 1. The number of nitrogens with one attached hydrogen (secondary N) is 1. The third kappa shape index (κ3) is 4.42. The van der Waals surface area contributed by atoms with E-state index in [4.69, 9.17) is 5.73 Å². The minimum absolute atomic E-state index is 0.0100. The molecule has 0 saturated heterocycles. The van der Waals surface area contributed by atoms with Crippen molar-refractivity contribution in [1.82, 2.24) is 0 Å². The maximum atomic E-state index is 12.8. The standard InChI is InChI=1S/C15H13F3N2OS/c16-15(17,18)12-3-1-2-4-13(12)20-14(21)9-22-11-7-5-10(19)6-8-11/h1-8H,9,19H2,(H,20,21).